The quantitative estimate of drug-likeness (QED) is 0.769. The van der Waals surface area contributed by atoms with Crippen molar-refractivity contribution in [2.75, 3.05) is 13.1 Å². The smallest absolute Gasteiger partial charge is 0.207 e. The molecule has 0 amide bonds. The first kappa shape index (κ1) is 14.6. The van der Waals surface area contributed by atoms with Crippen LogP contribution in [-0.2, 0) is 10.0 Å². The van der Waals surface area contributed by atoms with Gasteiger partial charge in [-0.1, -0.05) is 13.0 Å². The Morgan fingerprint density at radius 2 is 2.11 bits per heavy atom. The molecule has 98 valence electrons. The SMILES string of the molecule is CCCN(CC#N)S(=O)(=O)c1cccc(F)c1C. The zero-order valence-corrected chi connectivity index (χ0v) is 11.2. The van der Waals surface area contributed by atoms with Crippen molar-refractivity contribution in [2.24, 2.45) is 0 Å². The van der Waals surface area contributed by atoms with Crippen LogP contribution < -0.4 is 0 Å². The second kappa shape index (κ2) is 5.94. The van der Waals surface area contributed by atoms with E-state index in [-0.39, 0.29) is 23.5 Å². The molecule has 0 aliphatic rings. The van der Waals surface area contributed by atoms with Gasteiger partial charge in [0.2, 0.25) is 10.0 Å². The van der Waals surface area contributed by atoms with Gasteiger partial charge in [0.25, 0.3) is 0 Å². The topological polar surface area (TPSA) is 61.2 Å². The fourth-order valence-electron chi connectivity index (χ4n) is 1.62. The maximum atomic E-state index is 13.4. The summed E-state index contributed by atoms with van der Waals surface area (Å²) in [5.74, 6) is -0.565. The van der Waals surface area contributed by atoms with E-state index in [0.29, 0.717) is 6.42 Å². The monoisotopic (exact) mass is 270 g/mol. The molecular weight excluding hydrogens is 255 g/mol. The van der Waals surface area contributed by atoms with E-state index in [9.17, 15) is 12.8 Å². The van der Waals surface area contributed by atoms with Crippen LogP contribution in [-0.4, -0.2) is 25.8 Å². The fraction of sp³-hybridized carbons (Fsp3) is 0.417. The average molecular weight is 270 g/mol. The van der Waals surface area contributed by atoms with Crippen LogP contribution in [0.3, 0.4) is 0 Å². The van der Waals surface area contributed by atoms with Gasteiger partial charge in [0, 0.05) is 12.1 Å². The van der Waals surface area contributed by atoms with Gasteiger partial charge in [0.1, 0.15) is 12.4 Å². The van der Waals surface area contributed by atoms with Crippen LogP contribution in [0.5, 0.6) is 0 Å². The summed E-state index contributed by atoms with van der Waals surface area (Å²) in [5.41, 5.74) is 0.0801. The molecule has 6 heteroatoms. The molecule has 0 saturated carbocycles. The lowest BCUT2D eigenvalue weighted by Crippen LogP contribution is -2.32. The number of nitrogens with zero attached hydrogens (tertiary/aromatic N) is 2. The molecule has 0 unspecified atom stereocenters. The summed E-state index contributed by atoms with van der Waals surface area (Å²) in [5, 5.41) is 8.67. The number of nitriles is 1. The number of benzene rings is 1. The van der Waals surface area contributed by atoms with Gasteiger partial charge in [-0.3, -0.25) is 0 Å². The molecule has 0 aliphatic heterocycles. The van der Waals surface area contributed by atoms with Crippen molar-refractivity contribution in [3.8, 4) is 6.07 Å². The van der Waals surface area contributed by atoms with Gasteiger partial charge in [0.05, 0.1) is 11.0 Å². The summed E-state index contributed by atoms with van der Waals surface area (Å²) >= 11 is 0. The van der Waals surface area contributed by atoms with Crippen LogP contribution in [0.1, 0.15) is 18.9 Å². The van der Waals surface area contributed by atoms with Crippen molar-refractivity contribution in [1.82, 2.24) is 4.31 Å². The molecule has 1 rings (SSSR count). The van der Waals surface area contributed by atoms with Gasteiger partial charge < -0.3 is 0 Å². The third kappa shape index (κ3) is 2.86. The van der Waals surface area contributed by atoms with Crippen LogP contribution in [0, 0.1) is 24.1 Å². The maximum absolute atomic E-state index is 13.4. The van der Waals surface area contributed by atoms with Crippen molar-refractivity contribution in [3.63, 3.8) is 0 Å². The molecule has 0 atom stereocenters. The predicted octanol–water partition coefficient (Wildman–Crippen LogP) is 2.06. The van der Waals surface area contributed by atoms with Gasteiger partial charge in [-0.15, -0.1) is 0 Å². The Bertz CT molecular complexity index is 564. The number of hydrogen-bond acceptors (Lipinski definition) is 3. The summed E-state index contributed by atoms with van der Waals surface area (Å²) in [6.07, 6.45) is 0.593. The molecule has 1 aromatic rings. The minimum Gasteiger partial charge on any atom is -0.207 e. The van der Waals surface area contributed by atoms with Crippen molar-refractivity contribution >= 4 is 10.0 Å². The molecule has 0 saturated heterocycles. The summed E-state index contributed by atoms with van der Waals surface area (Å²) in [6.45, 7) is 3.25. The lowest BCUT2D eigenvalue weighted by atomic mass is 10.2. The third-order valence-corrected chi connectivity index (χ3v) is 4.55. The Morgan fingerprint density at radius 1 is 1.44 bits per heavy atom. The Hall–Kier alpha value is -1.45. The van der Waals surface area contributed by atoms with E-state index in [1.54, 1.807) is 0 Å². The summed E-state index contributed by atoms with van der Waals surface area (Å²) in [4.78, 5) is -0.0776. The van der Waals surface area contributed by atoms with Crippen molar-refractivity contribution in [1.29, 1.82) is 5.26 Å². The third-order valence-electron chi connectivity index (χ3n) is 2.56. The lowest BCUT2D eigenvalue weighted by Gasteiger charge is -2.19. The zero-order valence-electron chi connectivity index (χ0n) is 10.4. The van der Waals surface area contributed by atoms with Crippen molar-refractivity contribution in [3.05, 3.63) is 29.6 Å². The lowest BCUT2D eigenvalue weighted by molar-refractivity contribution is 0.443. The molecule has 1 aromatic carbocycles. The molecule has 4 nitrogen and oxygen atoms in total. The van der Waals surface area contributed by atoms with Gasteiger partial charge in [0.15, 0.2) is 0 Å². The maximum Gasteiger partial charge on any atom is 0.244 e. The molecule has 0 aliphatic carbocycles. The summed E-state index contributed by atoms with van der Waals surface area (Å²) in [6, 6.07) is 5.73. The standard InChI is InChI=1S/C12H15FN2O2S/c1-3-8-15(9-7-14)18(16,17)12-6-4-5-11(13)10(12)2/h4-6H,3,8-9H2,1-2H3. The van der Waals surface area contributed by atoms with E-state index in [4.69, 9.17) is 5.26 Å². The Kier molecular flexibility index (Phi) is 4.82. The van der Waals surface area contributed by atoms with Crippen LogP contribution in [0.2, 0.25) is 0 Å². The normalized spacial score (nSPS) is 11.5. The van der Waals surface area contributed by atoms with E-state index in [1.165, 1.54) is 25.1 Å². The van der Waals surface area contributed by atoms with Gasteiger partial charge in [-0.2, -0.15) is 9.57 Å². The summed E-state index contributed by atoms with van der Waals surface area (Å²) < 4.78 is 39.0. The van der Waals surface area contributed by atoms with Crippen LogP contribution in [0.25, 0.3) is 0 Å². The summed E-state index contributed by atoms with van der Waals surface area (Å²) in [7, 11) is -3.81. The molecule has 0 bridgehead atoms. The van der Waals surface area contributed by atoms with Crippen LogP contribution in [0.15, 0.2) is 23.1 Å². The van der Waals surface area contributed by atoms with E-state index < -0.39 is 15.8 Å². The largest absolute Gasteiger partial charge is 0.244 e. The number of sulfonamides is 1. The first-order chi connectivity index (χ1) is 8.45. The number of rotatable bonds is 5. The molecule has 0 spiro atoms. The molecule has 0 radical (unpaired) electrons. The van der Waals surface area contributed by atoms with Gasteiger partial charge >= 0.3 is 0 Å². The highest BCUT2D eigenvalue weighted by molar-refractivity contribution is 7.89. The Morgan fingerprint density at radius 3 is 2.67 bits per heavy atom. The fourth-order valence-corrected chi connectivity index (χ4v) is 3.28. The highest BCUT2D eigenvalue weighted by Crippen LogP contribution is 2.21. The second-order valence-electron chi connectivity index (χ2n) is 3.86. The minimum atomic E-state index is -3.81. The first-order valence-electron chi connectivity index (χ1n) is 5.57. The van der Waals surface area contributed by atoms with Crippen LogP contribution in [0.4, 0.5) is 4.39 Å². The van der Waals surface area contributed by atoms with E-state index in [2.05, 4.69) is 0 Å². The first-order valence-corrected chi connectivity index (χ1v) is 7.01. The molecule has 0 heterocycles. The molecule has 0 aromatic heterocycles. The Labute approximate surface area is 107 Å². The molecule has 0 N–H and O–H groups in total. The number of hydrogen-bond donors (Lipinski definition) is 0. The highest BCUT2D eigenvalue weighted by atomic mass is 32.2. The van der Waals surface area contributed by atoms with E-state index in [0.717, 1.165) is 4.31 Å². The van der Waals surface area contributed by atoms with E-state index >= 15 is 0 Å². The Balaban J connectivity index is 3.27. The van der Waals surface area contributed by atoms with Crippen LogP contribution >= 0.6 is 0 Å². The van der Waals surface area contributed by atoms with Crippen molar-refractivity contribution in [2.45, 2.75) is 25.2 Å². The molecule has 18 heavy (non-hydrogen) atoms. The predicted molar refractivity (Wildman–Crippen MR) is 65.8 cm³/mol. The zero-order chi connectivity index (χ0) is 13.8. The highest BCUT2D eigenvalue weighted by Gasteiger charge is 2.26. The molecule has 0 fully saturated rings. The average Bonchev–Trinajstić information content (AvgIpc) is 2.32. The van der Waals surface area contributed by atoms with Gasteiger partial charge in [-0.05, 0) is 25.5 Å². The van der Waals surface area contributed by atoms with Gasteiger partial charge in [-0.25, -0.2) is 12.8 Å². The van der Waals surface area contributed by atoms with Crippen molar-refractivity contribution < 1.29 is 12.8 Å². The second-order valence-corrected chi connectivity index (χ2v) is 5.77. The minimum absolute atomic E-state index is 0.0776. The number of halogens is 1. The van der Waals surface area contributed by atoms with E-state index in [1.807, 2.05) is 13.0 Å². The molecular formula is C12H15FN2O2S.